The predicted octanol–water partition coefficient (Wildman–Crippen LogP) is -0.904. The number of aromatic hydroxyl groups is 2. The molecule has 0 saturated carbocycles. The van der Waals surface area contributed by atoms with Crippen LogP contribution in [0, 0.1) is 6.92 Å². The molecule has 1 heterocycles. The first-order chi connectivity index (χ1) is 23.0. The van der Waals surface area contributed by atoms with Gasteiger partial charge in [0, 0.05) is 43.4 Å². The number of nitrogens with one attached hydrogen (secondary N) is 1. The van der Waals surface area contributed by atoms with Crippen molar-refractivity contribution < 1.29 is 73.6 Å². The number of fused-ring (bicyclic) bond motifs is 5. The Morgan fingerprint density at radius 3 is 2.24 bits per heavy atom. The van der Waals surface area contributed by atoms with Crippen LogP contribution in [0.2, 0.25) is 0 Å². The van der Waals surface area contributed by atoms with Crippen LogP contribution in [0.1, 0.15) is 75.4 Å². The number of aliphatic hydroxyl groups excluding tert-OH is 3. The fraction of sp³-hybridized carbons (Fsp3) is 0.424. The number of phenols is 2. The molecule has 49 heavy (non-hydrogen) atoms. The number of carbonyl (C=O) groups is 5. The van der Waals surface area contributed by atoms with E-state index in [-0.39, 0.29) is 11.1 Å². The van der Waals surface area contributed by atoms with Crippen LogP contribution in [0.5, 0.6) is 11.5 Å². The van der Waals surface area contributed by atoms with Gasteiger partial charge in [0.2, 0.25) is 17.3 Å². The summed E-state index contributed by atoms with van der Waals surface area (Å²) >= 11 is 0. The lowest BCUT2D eigenvalue weighted by Crippen LogP contribution is -2.73. The van der Waals surface area contributed by atoms with Crippen LogP contribution in [0.4, 0.5) is 0 Å². The smallest absolute Gasteiger partial charge is 0.341 e. The monoisotopic (exact) mass is 683 g/mol. The van der Waals surface area contributed by atoms with Gasteiger partial charge in [0.1, 0.15) is 35.4 Å². The standard InChI is InChI=1S/C33H33NO15/c1-10-6-12-7-17(36)33(48-5)29(43)20-14(28(42)32(33,45)21(12)25(40)18(10)31(44)47-4)8-13-19(24(20)39)16(35)9-15(23(13)38)34-30-27(46-3)26(41)22(37)11(2)49-30/h6,8-9,11,17,22,26-27,30,34,36-37,39-41,45H,7H2,1-5H3/t11-,17+,22-,26+,27+,30?,32-,33+/m0/s1. The number of carbonyl (C=O) groups excluding carboxylic acids is 5. The van der Waals surface area contributed by atoms with Gasteiger partial charge in [-0.2, -0.15) is 0 Å². The molecule has 4 aliphatic rings. The molecule has 16 heteroatoms. The van der Waals surface area contributed by atoms with Crippen molar-refractivity contribution in [1.29, 1.82) is 0 Å². The number of Topliss-reactive ketones (excluding diaryl/α,β-unsaturated/α-hetero) is 3. The molecule has 1 fully saturated rings. The van der Waals surface area contributed by atoms with E-state index in [4.69, 9.17) is 18.9 Å². The third-order valence-electron chi connectivity index (χ3n) is 9.92. The maximum atomic E-state index is 14.5. The normalized spacial score (nSPS) is 32.1. The first-order valence-corrected chi connectivity index (χ1v) is 15.0. The van der Waals surface area contributed by atoms with Crippen molar-refractivity contribution in [2.45, 2.75) is 68.2 Å². The van der Waals surface area contributed by atoms with Gasteiger partial charge >= 0.3 is 5.97 Å². The first kappa shape index (κ1) is 34.3. The van der Waals surface area contributed by atoms with Crippen LogP contribution in [0.15, 0.2) is 23.9 Å². The van der Waals surface area contributed by atoms with Gasteiger partial charge in [0.15, 0.2) is 23.2 Å². The molecule has 3 aliphatic carbocycles. The average Bonchev–Trinajstić information content (AvgIpc) is 3.04. The van der Waals surface area contributed by atoms with Gasteiger partial charge in [-0.1, -0.05) is 6.07 Å². The maximum Gasteiger partial charge on any atom is 0.341 e. The second kappa shape index (κ2) is 11.5. The van der Waals surface area contributed by atoms with Crippen LogP contribution in [0.3, 0.4) is 0 Å². The van der Waals surface area contributed by atoms with Crippen molar-refractivity contribution in [2.24, 2.45) is 0 Å². The number of hydrogen-bond donors (Lipinski definition) is 7. The highest BCUT2D eigenvalue weighted by molar-refractivity contribution is 6.31. The van der Waals surface area contributed by atoms with E-state index in [0.717, 1.165) is 26.4 Å². The van der Waals surface area contributed by atoms with Crippen LogP contribution in [-0.2, 0) is 31.0 Å². The number of ketones is 4. The first-order valence-electron chi connectivity index (χ1n) is 15.0. The van der Waals surface area contributed by atoms with E-state index in [1.165, 1.54) is 27.0 Å². The summed E-state index contributed by atoms with van der Waals surface area (Å²) in [4.78, 5) is 68.9. The highest BCUT2D eigenvalue weighted by atomic mass is 16.6. The summed E-state index contributed by atoms with van der Waals surface area (Å²) in [5.74, 6) is -7.80. The van der Waals surface area contributed by atoms with Crippen LogP contribution >= 0.6 is 0 Å². The zero-order valence-corrected chi connectivity index (χ0v) is 26.8. The van der Waals surface area contributed by atoms with E-state index < -0.39 is 134 Å². The third kappa shape index (κ3) is 4.32. The van der Waals surface area contributed by atoms with Crippen molar-refractivity contribution in [2.75, 3.05) is 21.3 Å². The molecule has 16 nitrogen and oxygen atoms in total. The Labute approximate surface area is 277 Å². The molecule has 0 aromatic heterocycles. The Morgan fingerprint density at radius 1 is 0.959 bits per heavy atom. The zero-order chi connectivity index (χ0) is 36.1. The van der Waals surface area contributed by atoms with Crippen molar-refractivity contribution in [3.05, 3.63) is 68.4 Å². The maximum absolute atomic E-state index is 14.5. The van der Waals surface area contributed by atoms with E-state index >= 15 is 0 Å². The molecule has 0 spiro atoms. The zero-order valence-electron chi connectivity index (χ0n) is 26.8. The minimum absolute atomic E-state index is 0.0144. The van der Waals surface area contributed by atoms with E-state index in [9.17, 15) is 54.6 Å². The molecule has 6 rings (SSSR count). The van der Waals surface area contributed by atoms with E-state index in [2.05, 4.69) is 5.32 Å². The fourth-order valence-corrected chi connectivity index (χ4v) is 7.53. The van der Waals surface area contributed by atoms with Crippen LogP contribution < -0.4 is 5.32 Å². The summed E-state index contributed by atoms with van der Waals surface area (Å²) in [6, 6.07) is 2.14. The van der Waals surface area contributed by atoms with E-state index in [1.54, 1.807) is 0 Å². The topological polar surface area (TPSA) is 256 Å². The Morgan fingerprint density at radius 2 is 1.63 bits per heavy atom. The Bertz CT molecular complexity index is 1900. The van der Waals surface area contributed by atoms with Gasteiger partial charge < -0.3 is 54.9 Å². The lowest BCUT2D eigenvalue weighted by Gasteiger charge is -2.52. The van der Waals surface area contributed by atoms with Gasteiger partial charge in [0.05, 0.1) is 36.1 Å². The third-order valence-corrected chi connectivity index (χ3v) is 9.92. The quantitative estimate of drug-likeness (QED) is 0.188. The Hall–Kier alpha value is -4.55. The van der Waals surface area contributed by atoms with Gasteiger partial charge in [-0.15, -0.1) is 0 Å². The lowest BCUT2D eigenvalue weighted by molar-refractivity contribution is -0.229. The second-order valence-corrected chi connectivity index (χ2v) is 12.4. The number of esters is 1. The highest BCUT2D eigenvalue weighted by Gasteiger charge is 2.72. The number of methoxy groups -OCH3 is 3. The van der Waals surface area contributed by atoms with Gasteiger partial charge in [-0.3, -0.25) is 19.2 Å². The van der Waals surface area contributed by atoms with Crippen molar-refractivity contribution >= 4 is 29.1 Å². The van der Waals surface area contributed by atoms with E-state index in [1.807, 2.05) is 0 Å². The molecule has 8 atom stereocenters. The summed E-state index contributed by atoms with van der Waals surface area (Å²) in [6.07, 6.45) is -7.84. The molecule has 260 valence electrons. The predicted molar refractivity (Wildman–Crippen MR) is 161 cm³/mol. The lowest BCUT2D eigenvalue weighted by atomic mass is 9.56. The van der Waals surface area contributed by atoms with Crippen molar-refractivity contribution in [1.82, 2.24) is 5.32 Å². The summed E-state index contributed by atoms with van der Waals surface area (Å²) < 4.78 is 21.1. The van der Waals surface area contributed by atoms with Crippen LogP contribution in [0.25, 0.3) is 0 Å². The molecular weight excluding hydrogens is 650 g/mol. The number of hydrogen-bond acceptors (Lipinski definition) is 16. The molecule has 1 aliphatic heterocycles. The molecule has 2 aromatic rings. The summed E-state index contributed by atoms with van der Waals surface area (Å²) in [7, 11) is 3.16. The SMILES string of the molecule is COC(=O)c1c(C)cc2c(c1O)[C@]1(O)C(=O)c3cc4c(c(O)c3C(=O)[C@]1(OC)[C@H](O)C2)C(=O)C=C(NC1O[C@@H](C)[C@H](O)[C@@H](O)[C@H]1OC)C4=O. The number of allylic oxidation sites excluding steroid dienone is 2. The van der Waals surface area contributed by atoms with Gasteiger partial charge in [0.25, 0.3) is 0 Å². The summed E-state index contributed by atoms with van der Waals surface area (Å²) in [5.41, 5.74) is -10.3. The highest BCUT2D eigenvalue weighted by Crippen LogP contribution is 2.56. The molecular formula is C33H33NO15. The van der Waals surface area contributed by atoms with Crippen LogP contribution in [-0.4, -0.2) is 123 Å². The minimum atomic E-state index is -3.24. The minimum Gasteiger partial charge on any atom is -0.507 e. The Kier molecular flexibility index (Phi) is 8.07. The molecule has 0 amide bonds. The Balaban J connectivity index is 1.53. The number of benzene rings is 2. The molecule has 1 saturated heterocycles. The molecule has 0 bridgehead atoms. The molecule has 0 radical (unpaired) electrons. The number of rotatable bonds is 5. The number of aliphatic hydroxyl groups is 4. The van der Waals surface area contributed by atoms with Gasteiger partial charge in [-0.05, 0) is 31.0 Å². The molecule has 7 N–H and O–H groups in total. The number of aryl methyl sites for hydroxylation is 1. The summed E-state index contributed by atoms with van der Waals surface area (Å²) in [5, 5.41) is 70.0. The fourth-order valence-electron chi connectivity index (χ4n) is 7.53. The van der Waals surface area contributed by atoms with Gasteiger partial charge in [-0.25, -0.2) is 4.79 Å². The number of ether oxygens (including phenoxy) is 4. The number of phenolic OH excluding ortho intramolecular Hbond substituents is 2. The summed E-state index contributed by atoms with van der Waals surface area (Å²) in [6.45, 7) is 2.89. The van der Waals surface area contributed by atoms with Crippen molar-refractivity contribution in [3.63, 3.8) is 0 Å². The van der Waals surface area contributed by atoms with E-state index in [0.29, 0.717) is 0 Å². The molecule has 1 unspecified atom stereocenters. The second-order valence-electron chi connectivity index (χ2n) is 12.4. The largest absolute Gasteiger partial charge is 0.507 e. The molecule has 2 aromatic carbocycles. The van der Waals surface area contributed by atoms with Crippen molar-refractivity contribution in [3.8, 4) is 11.5 Å². The average molecular weight is 684 g/mol.